The molecule has 0 spiro atoms. The number of hydrogen-bond acceptors (Lipinski definition) is 0. The van der Waals surface area contributed by atoms with Crippen LogP contribution < -0.4 is 0 Å². The Labute approximate surface area is 74.7 Å². The third kappa shape index (κ3) is 1.69. The van der Waals surface area contributed by atoms with Gasteiger partial charge in [-0.25, -0.2) is 0 Å². The van der Waals surface area contributed by atoms with Crippen molar-refractivity contribution in [3.8, 4) is 0 Å². The molecule has 12 heavy (non-hydrogen) atoms. The van der Waals surface area contributed by atoms with E-state index in [9.17, 15) is 0 Å². The van der Waals surface area contributed by atoms with Crippen LogP contribution in [0.4, 0.5) is 0 Å². The molecule has 1 fully saturated rings. The Morgan fingerprint density at radius 1 is 0.917 bits per heavy atom. The first-order chi connectivity index (χ1) is 5.97. The fourth-order valence-corrected chi connectivity index (χ4v) is 1.38. The third-order valence-corrected chi connectivity index (χ3v) is 2.03. The zero-order valence-corrected chi connectivity index (χ0v) is 6.90. The maximum absolute atomic E-state index is 2.18. The van der Waals surface area contributed by atoms with E-state index in [2.05, 4.69) is 56.1 Å². The number of rotatable bonds is 1. The lowest BCUT2D eigenvalue weighted by molar-refractivity contribution is 1.14. The minimum atomic E-state index is 1.04. The van der Waals surface area contributed by atoms with Gasteiger partial charge in [0.1, 0.15) is 0 Å². The lowest BCUT2D eigenvalue weighted by Gasteiger charge is -2.09. The highest BCUT2D eigenvalue weighted by atomic mass is 14.2. The van der Waals surface area contributed by atoms with Crippen LogP contribution in [0.3, 0.4) is 0 Å². The van der Waals surface area contributed by atoms with E-state index >= 15 is 0 Å². The zero-order valence-electron chi connectivity index (χ0n) is 6.90. The molecule has 59 valence electrons. The van der Waals surface area contributed by atoms with Crippen LogP contribution in [0.5, 0.6) is 0 Å². The third-order valence-electron chi connectivity index (χ3n) is 2.03. The topological polar surface area (TPSA) is 0 Å². The van der Waals surface area contributed by atoms with Crippen molar-refractivity contribution in [3.63, 3.8) is 0 Å². The van der Waals surface area contributed by atoms with Gasteiger partial charge in [0.05, 0.1) is 0 Å². The van der Waals surface area contributed by atoms with Gasteiger partial charge in [-0.05, 0) is 32.1 Å². The fourth-order valence-electron chi connectivity index (χ4n) is 1.38. The molecule has 1 saturated carbocycles. The van der Waals surface area contributed by atoms with Crippen molar-refractivity contribution in [1.82, 2.24) is 0 Å². The first-order valence-corrected chi connectivity index (χ1v) is 4.21. The molecule has 2 aliphatic rings. The van der Waals surface area contributed by atoms with E-state index in [4.69, 9.17) is 0 Å². The molecule has 0 heteroatoms. The average molecular weight is 155 g/mol. The average Bonchev–Trinajstić information content (AvgIpc) is 2.48. The highest BCUT2D eigenvalue weighted by molar-refractivity contribution is 5.50. The van der Waals surface area contributed by atoms with Gasteiger partial charge in [-0.2, -0.15) is 0 Å². The van der Waals surface area contributed by atoms with Crippen LogP contribution in [0.25, 0.3) is 0 Å². The molecule has 0 aliphatic heterocycles. The van der Waals surface area contributed by atoms with Crippen molar-refractivity contribution >= 4 is 0 Å². The predicted molar refractivity (Wildman–Crippen MR) is 51.4 cm³/mol. The van der Waals surface area contributed by atoms with Crippen LogP contribution in [-0.2, 0) is 0 Å². The molecule has 0 amide bonds. The highest BCUT2D eigenvalue weighted by Gasteiger charge is 2.19. The summed E-state index contributed by atoms with van der Waals surface area (Å²) in [5, 5.41) is 0. The van der Waals surface area contributed by atoms with Gasteiger partial charge < -0.3 is 0 Å². The summed E-state index contributed by atoms with van der Waals surface area (Å²) in [5.74, 6) is 1.34. The Balaban J connectivity index is 2.06. The minimum Gasteiger partial charge on any atom is -0.0804 e. The molecule has 5 radical (unpaired) electrons. The molecule has 0 N–H and O–H groups in total. The van der Waals surface area contributed by atoms with Gasteiger partial charge in [-0.1, -0.05) is 36.0 Å². The summed E-state index contributed by atoms with van der Waals surface area (Å²) < 4.78 is 0. The molecule has 2 rings (SSSR count). The van der Waals surface area contributed by atoms with Crippen molar-refractivity contribution in [2.45, 2.75) is 6.42 Å². The van der Waals surface area contributed by atoms with Crippen LogP contribution in [0.2, 0.25) is 0 Å². The first kappa shape index (κ1) is 7.85. The van der Waals surface area contributed by atoms with Crippen molar-refractivity contribution < 1.29 is 0 Å². The van der Waals surface area contributed by atoms with E-state index in [0.29, 0.717) is 0 Å². The summed E-state index contributed by atoms with van der Waals surface area (Å²) in [4.78, 5) is 0. The SMILES string of the molecule is [CH]1[CH][CH][C](C2=CC=CC=CC2)[CH]1. The Morgan fingerprint density at radius 2 is 1.75 bits per heavy atom. The Morgan fingerprint density at radius 3 is 2.58 bits per heavy atom. The molecule has 0 bridgehead atoms. The smallest absolute Gasteiger partial charge is 0.00859 e. The molecule has 0 saturated heterocycles. The Hall–Kier alpha value is -0.780. The van der Waals surface area contributed by atoms with Crippen LogP contribution in [0.1, 0.15) is 6.42 Å². The summed E-state index contributed by atoms with van der Waals surface area (Å²) in [6.45, 7) is 0. The van der Waals surface area contributed by atoms with E-state index in [0.717, 1.165) is 6.42 Å². The maximum Gasteiger partial charge on any atom is 0.00859 e. The lowest BCUT2D eigenvalue weighted by Crippen LogP contribution is -1.95. The monoisotopic (exact) mass is 155 g/mol. The lowest BCUT2D eigenvalue weighted by atomic mass is 9.95. The van der Waals surface area contributed by atoms with Gasteiger partial charge in [0, 0.05) is 5.92 Å². The van der Waals surface area contributed by atoms with Gasteiger partial charge in [0.15, 0.2) is 0 Å². The van der Waals surface area contributed by atoms with E-state index < -0.39 is 0 Å². The summed E-state index contributed by atoms with van der Waals surface area (Å²) in [7, 11) is 0. The van der Waals surface area contributed by atoms with Crippen LogP contribution in [0.15, 0.2) is 36.0 Å². The number of hydrogen-bond donors (Lipinski definition) is 0. The molecule has 2 aliphatic carbocycles. The van der Waals surface area contributed by atoms with E-state index in [1.807, 2.05) is 0 Å². The van der Waals surface area contributed by atoms with Gasteiger partial charge >= 0.3 is 0 Å². The van der Waals surface area contributed by atoms with Crippen LogP contribution in [-0.4, -0.2) is 0 Å². The van der Waals surface area contributed by atoms with Crippen LogP contribution >= 0.6 is 0 Å². The first-order valence-electron chi connectivity index (χ1n) is 4.21. The molecule has 0 aromatic rings. The van der Waals surface area contributed by atoms with Crippen molar-refractivity contribution in [1.29, 1.82) is 0 Å². The molecule has 0 atom stereocenters. The summed E-state index contributed by atoms with van der Waals surface area (Å²) in [6, 6.07) is 0. The summed E-state index contributed by atoms with van der Waals surface area (Å²) in [5.41, 5.74) is 1.39. The second-order valence-corrected chi connectivity index (χ2v) is 2.88. The maximum atomic E-state index is 2.18. The normalized spacial score (nSPS) is 24.2. The number of allylic oxidation sites excluding steroid dienone is 6. The summed E-state index contributed by atoms with van der Waals surface area (Å²) >= 11 is 0. The predicted octanol–water partition coefficient (Wildman–Crippen LogP) is 2.83. The molecule has 0 aromatic carbocycles. The van der Waals surface area contributed by atoms with Crippen molar-refractivity contribution in [2.24, 2.45) is 0 Å². The molecule has 0 heterocycles. The Kier molecular flexibility index (Phi) is 2.45. The van der Waals surface area contributed by atoms with Crippen molar-refractivity contribution in [2.75, 3.05) is 0 Å². The van der Waals surface area contributed by atoms with Crippen molar-refractivity contribution in [3.05, 3.63) is 67.6 Å². The largest absolute Gasteiger partial charge is 0.0804 e. The van der Waals surface area contributed by atoms with E-state index in [1.165, 1.54) is 11.5 Å². The molecule has 0 unspecified atom stereocenters. The Bertz CT molecular complexity index is 224. The molecular weight excluding hydrogens is 144 g/mol. The fraction of sp³-hybridized carbons (Fsp3) is 0.0833. The standard InChI is InChI=1S/C12H11/c1-2-4-8-11(7-3-1)12-9-5-6-10-12/h1-7,9-10H,8H2. The highest BCUT2D eigenvalue weighted by Crippen LogP contribution is 2.32. The van der Waals surface area contributed by atoms with Gasteiger partial charge in [-0.3, -0.25) is 0 Å². The molecular formula is C12H11. The van der Waals surface area contributed by atoms with Gasteiger partial charge in [-0.15, -0.1) is 0 Å². The van der Waals surface area contributed by atoms with Gasteiger partial charge in [0.2, 0.25) is 0 Å². The minimum absolute atomic E-state index is 1.04. The molecule has 0 nitrogen and oxygen atoms in total. The quantitative estimate of drug-likeness (QED) is 0.546. The second kappa shape index (κ2) is 3.75. The zero-order chi connectivity index (χ0) is 8.23. The second-order valence-electron chi connectivity index (χ2n) is 2.88. The summed E-state index contributed by atoms with van der Waals surface area (Å²) in [6.07, 6.45) is 20.1. The van der Waals surface area contributed by atoms with E-state index in [1.54, 1.807) is 0 Å². The van der Waals surface area contributed by atoms with E-state index in [-0.39, 0.29) is 0 Å². The molecule has 0 aromatic heterocycles. The van der Waals surface area contributed by atoms with Gasteiger partial charge in [0.25, 0.3) is 0 Å². The van der Waals surface area contributed by atoms with Crippen LogP contribution in [0, 0.1) is 31.6 Å².